The van der Waals surface area contributed by atoms with E-state index >= 15 is 0 Å². The lowest BCUT2D eigenvalue weighted by Gasteiger charge is -2.47. The van der Waals surface area contributed by atoms with Crippen LogP contribution in [0.4, 0.5) is 4.79 Å². The van der Waals surface area contributed by atoms with E-state index in [0.717, 1.165) is 31.4 Å². The molecule has 2 amide bonds. The standard InChI is InChI=1S/C15H22N2O3/c18-14(16-10-13-5-3-9-20-13)17-8-7-15(19)6-2-1-4-12(15)11-17/h3,5,9,12,19H,1-2,4,6-8,10-11H2,(H,16,18)/t12-,15+/m1/s1. The van der Waals surface area contributed by atoms with Gasteiger partial charge in [0.2, 0.25) is 0 Å². The molecule has 2 fully saturated rings. The number of nitrogens with zero attached hydrogens (tertiary/aromatic N) is 1. The Labute approximate surface area is 118 Å². The third-order valence-electron chi connectivity index (χ3n) is 4.71. The van der Waals surface area contributed by atoms with E-state index in [2.05, 4.69) is 5.32 Å². The van der Waals surface area contributed by atoms with Gasteiger partial charge in [-0.25, -0.2) is 4.79 Å². The monoisotopic (exact) mass is 278 g/mol. The molecule has 2 aliphatic rings. The van der Waals surface area contributed by atoms with Crippen LogP contribution < -0.4 is 5.32 Å². The van der Waals surface area contributed by atoms with Gasteiger partial charge in [-0.1, -0.05) is 12.8 Å². The number of nitrogens with one attached hydrogen (secondary N) is 1. The van der Waals surface area contributed by atoms with Gasteiger partial charge in [-0.05, 0) is 31.4 Å². The lowest BCUT2D eigenvalue weighted by molar-refractivity contribution is -0.0871. The first-order valence-corrected chi connectivity index (χ1v) is 7.45. The molecular weight excluding hydrogens is 256 g/mol. The number of piperidine rings is 1. The fraction of sp³-hybridized carbons (Fsp3) is 0.667. The van der Waals surface area contributed by atoms with E-state index in [1.54, 1.807) is 6.26 Å². The van der Waals surface area contributed by atoms with E-state index in [4.69, 9.17) is 4.42 Å². The predicted molar refractivity (Wildman–Crippen MR) is 74.0 cm³/mol. The number of urea groups is 1. The van der Waals surface area contributed by atoms with Crippen LogP contribution in [0.25, 0.3) is 0 Å². The van der Waals surface area contributed by atoms with Crippen molar-refractivity contribution in [3.05, 3.63) is 24.2 Å². The molecule has 0 unspecified atom stereocenters. The van der Waals surface area contributed by atoms with Crippen molar-refractivity contribution in [2.75, 3.05) is 13.1 Å². The zero-order valence-corrected chi connectivity index (χ0v) is 11.7. The maximum atomic E-state index is 12.2. The molecule has 1 saturated heterocycles. The van der Waals surface area contributed by atoms with Gasteiger partial charge in [0.1, 0.15) is 5.76 Å². The van der Waals surface area contributed by atoms with Crippen LogP contribution in [0.1, 0.15) is 37.9 Å². The molecule has 1 aliphatic heterocycles. The summed E-state index contributed by atoms with van der Waals surface area (Å²) in [7, 11) is 0. The number of carbonyl (C=O) groups excluding carboxylic acids is 1. The summed E-state index contributed by atoms with van der Waals surface area (Å²) >= 11 is 0. The Balaban J connectivity index is 1.54. The van der Waals surface area contributed by atoms with Crippen molar-refractivity contribution in [2.24, 2.45) is 5.92 Å². The van der Waals surface area contributed by atoms with Crippen molar-refractivity contribution < 1.29 is 14.3 Å². The second-order valence-corrected chi connectivity index (χ2v) is 5.98. The quantitative estimate of drug-likeness (QED) is 0.871. The minimum absolute atomic E-state index is 0.0611. The Bertz CT molecular complexity index is 460. The number of rotatable bonds is 2. The summed E-state index contributed by atoms with van der Waals surface area (Å²) in [5.74, 6) is 0.990. The first kappa shape index (κ1) is 13.5. The second kappa shape index (κ2) is 5.48. The van der Waals surface area contributed by atoms with Gasteiger partial charge < -0.3 is 19.7 Å². The Hall–Kier alpha value is -1.49. The number of hydrogen-bond donors (Lipinski definition) is 2. The zero-order chi connectivity index (χ0) is 14.0. The minimum Gasteiger partial charge on any atom is -0.467 e. The van der Waals surface area contributed by atoms with Gasteiger partial charge in [0.05, 0.1) is 18.4 Å². The maximum Gasteiger partial charge on any atom is 0.317 e. The number of amides is 2. The van der Waals surface area contributed by atoms with Gasteiger partial charge in [-0.15, -0.1) is 0 Å². The summed E-state index contributed by atoms with van der Waals surface area (Å²) in [5.41, 5.74) is -0.532. The molecule has 0 bridgehead atoms. The van der Waals surface area contributed by atoms with Gasteiger partial charge in [0.25, 0.3) is 0 Å². The molecule has 2 N–H and O–H groups in total. The molecule has 0 radical (unpaired) electrons. The van der Waals surface area contributed by atoms with Crippen LogP contribution in [0.3, 0.4) is 0 Å². The Morgan fingerprint density at radius 1 is 1.50 bits per heavy atom. The molecule has 0 spiro atoms. The fourth-order valence-corrected chi connectivity index (χ4v) is 3.44. The van der Waals surface area contributed by atoms with Gasteiger partial charge in [-0.3, -0.25) is 0 Å². The van der Waals surface area contributed by atoms with Crippen LogP contribution in [0, 0.1) is 5.92 Å². The Morgan fingerprint density at radius 3 is 3.20 bits per heavy atom. The number of likely N-dealkylation sites (tertiary alicyclic amines) is 1. The molecule has 5 nitrogen and oxygen atoms in total. The van der Waals surface area contributed by atoms with Crippen molar-refractivity contribution in [1.82, 2.24) is 10.2 Å². The molecule has 1 aromatic rings. The average Bonchev–Trinajstić information content (AvgIpc) is 2.97. The summed E-state index contributed by atoms with van der Waals surface area (Å²) < 4.78 is 5.20. The van der Waals surface area contributed by atoms with E-state index < -0.39 is 5.60 Å². The summed E-state index contributed by atoms with van der Waals surface area (Å²) in [4.78, 5) is 14.0. The molecule has 3 rings (SSSR count). The van der Waals surface area contributed by atoms with Crippen LogP contribution in [0.5, 0.6) is 0 Å². The maximum absolute atomic E-state index is 12.2. The molecule has 0 aromatic carbocycles. The average molecular weight is 278 g/mol. The summed E-state index contributed by atoms with van der Waals surface area (Å²) in [6.45, 7) is 1.72. The fourth-order valence-electron chi connectivity index (χ4n) is 3.44. The summed E-state index contributed by atoms with van der Waals surface area (Å²) in [6, 6.07) is 3.59. The largest absolute Gasteiger partial charge is 0.467 e. The first-order valence-electron chi connectivity index (χ1n) is 7.45. The second-order valence-electron chi connectivity index (χ2n) is 5.98. The molecule has 20 heavy (non-hydrogen) atoms. The van der Waals surface area contributed by atoms with Crippen molar-refractivity contribution >= 4 is 6.03 Å². The Morgan fingerprint density at radius 2 is 2.40 bits per heavy atom. The highest BCUT2D eigenvalue weighted by molar-refractivity contribution is 5.74. The van der Waals surface area contributed by atoms with E-state index in [0.29, 0.717) is 26.1 Å². The number of hydrogen-bond acceptors (Lipinski definition) is 3. The van der Waals surface area contributed by atoms with Crippen LogP contribution >= 0.6 is 0 Å². The molecule has 1 aromatic heterocycles. The van der Waals surface area contributed by atoms with Gasteiger partial charge in [-0.2, -0.15) is 0 Å². The lowest BCUT2D eigenvalue weighted by Crippen LogP contribution is -2.56. The predicted octanol–water partition coefficient (Wildman–Crippen LogP) is 2.12. The van der Waals surface area contributed by atoms with Crippen molar-refractivity contribution in [3.63, 3.8) is 0 Å². The highest BCUT2D eigenvalue weighted by atomic mass is 16.3. The molecule has 2 heterocycles. The van der Waals surface area contributed by atoms with Crippen molar-refractivity contribution in [2.45, 2.75) is 44.2 Å². The van der Waals surface area contributed by atoms with Crippen LogP contribution in [0.15, 0.2) is 22.8 Å². The van der Waals surface area contributed by atoms with E-state index in [-0.39, 0.29) is 11.9 Å². The molecule has 110 valence electrons. The van der Waals surface area contributed by atoms with E-state index in [1.807, 2.05) is 17.0 Å². The van der Waals surface area contributed by atoms with E-state index in [9.17, 15) is 9.90 Å². The highest BCUT2D eigenvalue weighted by Gasteiger charge is 2.43. The third-order valence-corrected chi connectivity index (χ3v) is 4.71. The highest BCUT2D eigenvalue weighted by Crippen LogP contribution is 2.39. The van der Waals surface area contributed by atoms with Gasteiger partial charge in [0.15, 0.2) is 0 Å². The van der Waals surface area contributed by atoms with Crippen molar-refractivity contribution in [3.8, 4) is 0 Å². The Kier molecular flexibility index (Phi) is 3.70. The van der Waals surface area contributed by atoms with Crippen LogP contribution in [-0.2, 0) is 6.54 Å². The topological polar surface area (TPSA) is 65.7 Å². The number of aliphatic hydroxyl groups is 1. The molecular formula is C15H22N2O3. The molecule has 1 aliphatic carbocycles. The molecule has 5 heteroatoms. The minimum atomic E-state index is -0.532. The third kappa shape index (κ3) is 2.68. The van der Waals surface area contributed by atoms with Crippen molar-refractivity contribution in [1.29, 1.82) is 0 Å². The van der Waals surface area contributed by atoms with Gasteiger partial charge in [0, 0.05) is 19.0 Å². The van der Waals surface area contributed by atoms with Crippen LogP contribution in [-0.4, -0.2) is 34.7 Å². The van der Waals surface area contributed by atoms with Gasteiger partial charge >= 0.3 is 6.03 Å². The number of fused-ring (bicyclic) bond motifs is 1. The van der Waals surface area contributed by atoms with E-state index in [1.165, 1.54) is 0 Å². The number of carbonyl (C=O) groups is 1. The zero-order valence-electron chi connectivity index (χ0n) is 11.7. The lowest BCUT2D eigenvalue weighted by atomic mass is 9.71. The van der Waals surface area contributed by atoms with Crippen LogP contribution in [0.2, 0.25) is 0 Å². The summed E-state index contributed by atoms with van der Waals surface area (Å²) in [5, 5.41) is 13.5. The normalized spacial score (nSPS) is 29.9. The number of furan rings is 1. The smallest absolute Gasteiger partial charge is 0.317 e. The summed E-state index contributed by atoms with van der Waals surface area (Å²) in [6.07, 6.45) is 6.49. The first-order chi connectivity index (χ1) is 9.67. The molecule has 2 atom stereocenters. The SMILES string of the molecule is O=C(NCc1ccco1)N1CC[C@@]2(O)CCCC[C@@H]2C1. The molecule has 1 saturated carbocycles.